The molecule has 3 heterocycles. The highest BCUT2D eigenvalue weighted by Gasteiger charge is 2.41. The van der Waals surface area contributed by atoms with E-state index in [-0.39, 0.29) is 12.0 Å². The summed E-state index contributed by atoms with van der Waals surface area (Å²) in [6.07, 6.45) is 0.320. The summed E-state index contributed by atoms with van der Waals surface area (Å²) < 4.78 is 8.40. The number of benzene rings is 2. The van der Waals surface area contributed by atoms with Crippen molar-refractivity contribution in [2.75, 3.05) is 12.0 Å². The summed E-state index contributed by atoms with van der Waals surface area (Å²) in [6.45, 7) is 0.691. The number of hydrogen-bond donors (Lipinski definition) is 0. The van der Waals surface area contributed by atoms with Crippen molar-refractivity contribution in [2.24, 2.45) is 4.99 Å². The number of para-hydroxylation sites is 2. The number of aliphatic imine (C=N–C) groups is 1. The second-order valence-electron chi connectivity index (χ2n) is 6.23. The third-order valence-corrected chi connectivity index (χ3v) is 6.80. The number of carbonyl (C=O) groups excluding carboxylic acids is 1. The first-order valence-corrected chi connectivity index (χ1v) is 10.0. The average Bonchev–Trinajstić information content (AvgIpc) is 3.15. The first-order chi connectivity index (χ1) is 12.7. The van der Waals surface area contributed by atoms with Gasteiger partial charge >= 0.3 is 11.1 Å². The minimum atomic E-state index is -0.202. The summed E-state index contributed by atoms with van der Waals surface area (Å²) >= 11 is 3.35. The Morgan fingerprint density at radius 1 is 1.27 bits per heavy atom. The molecular formula is C19H16N3O2S2+. The van der Waals surface area contributed by atoms with Crippen LogP contribution in [-0.2, 0) is 16.1 Å². The van der Waals surface area contributed by atoms with Gasteiger partial charge in [0.15, 0.2) is 0 Å². The van der Waals surface area contributed by atoms with E-state index >= 15 is 0 Å². The van der Waals surface area contributed by atoms with E-state index in [1.54, 1.807) is 23.1 Å². The number of ether oxygens (including phenoxy) is 1. The molecule has 7 heteroatoms. The summed E-state index contributed by atoms with van der Waals surface area (Å²) in [5.41, 5.74) is 2.27. The molecule has 3 aromatic rings. The molecule has 0 saturated carbocycles. The van der Waals surface area contributed by atoms with E-state index in [0.717, 1.165) is 21.5 Å². The first kappa shape index (κ1) is 15.8. The zero-order valence-electron chi connectivity index (χ0n) is 14.1. The number of rotatable bonds is 2. The fourth-order valence-corrected chi connectivity index (χ4v) is 5.70. The van der Waals surface area contributed by atoms with Crippen LogP contribution in [0.25, 0.3) is 10.2 Å². The second kappa shape index (κ2) is 6.10. The summed E-state index contributed by atoms with van der Waals surface area (Å²) in [4.78, 5) is 20.5. The van der Waals surface area contributed by atoms with E-state index in [9.17, 15) is 4.79 Å². The maximum atomic E-state index is 12.1. The summed E-state index contributed by atoms with van der Waals surface area (Å²) in [5.74, 6) is -0.202. The van der Waals surface area contributed by atoms with Gasteiger partial charge < -0.3 is 4.74 Å². The van der Waals surface area contributed by atoms with Crippen molar-refractivity contribution in [1.82, 2.24) is 0 Å². The summed E-state index contributed by atoms with van der Waals surface area (Å²) in [7, 11) is 1.44. The van der Waals surface area contributed by atoms with E-state index in [2.05, 4.69) is 33.7 Å². The van der Waals surface area contributed by atoms with Gasteiger partial charge in [-0.3, -0.25) is 9.69 Å². The van der Waals surface area contributed by atoms with Crippen molar-refractivity contribution in [3.63, 3.8) is 0 Å². The normalized spacial score (nSPS) is 18.0. The number of amidine groups is 1. The lowest BCUT2D eigenvalue weighted by Crippen LogP contribution is -2.47. The summed E-state index contributed by atoms with van der Waals surface area (Å²) in [5, 5.41) is 1.90. The predicted octanol–water partition coefficient (Wildman–Crippen LogP) is 3.73. The summed E-state index contributed by atoms with van der Waals surface area (Å²) in [6, 6.07) is 16.5. The van der Waals surface area contributed by atoms with Crippen LogP contribution in [-0.4, -0.2) is 24.3 Å². The molecule has 0 bridgehead atoms. The molecule has 0 fully saturated rings. The van der Waals surface area contributed by atoms with Gasteiger partial charge in [-0.05, 0) is 52.4 Å². The molecule has 5 rings (SSSR count). The van der Waals surface area contributed by atoms with Crippen LogP contribution in [0.4, 0.5) is 10.8 Å². The monoisotopic (exact) mass is 382 g/mol. The molecule has 2 aromatic carbocycles. The molecule has 130 valence electrons. The number of methoxy groups -OCH3 is 1. The molecule has 1 unspecified atom stereocenters. The van der Waals surface area contributed by atoms with Gasteiger partial charge in [0.05, 0.1) is 30.0 Å². The Hall–Kier alpha value is -2.38. The predicted molar refractivity (Wildman–Crippen MR) is 104 cm³/mol. The number of esters is 1. The highest BCUT2D eigenvalue weighted by atomic mass is 32.2. The number of carbonyl (C=O) groups is 1. The van der Waals surface area contributed by atoms with Crippen LogP contribution >= 0.6 is 23.1 Å². The van der Waals surface area contributed by atoms with Gasteiger partial charge in [0.25, 0.3) is 5.17 Å². The molecule has 0 radical (unpaired) electrons. The van der Waals surface area contributed by atoms with Crippen LogP contribution in [0, 0.1) is 0 Å². The maximum absolute atomic E-state index is 12.1. The van der Waals surface area contributed by atoms with Gasteiger partial charge in [-0.1, -0.05) is 24.3 Å². The lowest BCUT2D eigenvalue weighted by atomic mass is 10.1. The van der Waals surface area contributed by atoms with Crippen LogP contribution in [0.1, 0.15) is 6.42 Å². The van der Waals surface area contributed by atoms with E-state index in [1.807, 2.05) is 24.3 Å². The number of thioether (sulfide) groups is 1. The first-order valence-electron chi connectivity index (χ1n) is 8.37. The smallest absolute Gasteiger partial charge is 0.386 e. The van der Waals surface area contributed by atoms with Crippen molar-refractivity contribution < 1.29 is 14.1 Å². The van der Waals surface area contributed by atoms with Gasteiger partial charge in [0.2, 0.25) is 0 Å². The van der Waals surface area contributed by atoms with E-state index in [1.165, 1.54) is 16.7 Å². The fourth-order valence-electron chi connectivity index (χ4n) is 3.51. The van der Waals surface area contributed by atoms with Crippen LogP contribution in [0.2, 0.25) is 0 Å². The van der Waals surface area contributed by atoms with E-state index in [0.29, 0.717) is 13.0 Å². The quantitative estimate of drug-likeness (QED) is 0.500. The Morgan fingerprint density at radius 3 is 2.96 bits per heavy atom. The zero-order valence-corrected chi connectivity index (χ0v) is 15.7. The van der Waals surface area contributed by atoms with Crippen molar-refractivity contribution in [1.29, 1.82) is 0 Å². The molecule has 0 N–H and O–H groups in total. The van der Waals surface area contributed by atoms with Crippen molar-refractivity contribution >= 4 is 55.3 Å². The molecule has 2 aliphatic rings. The highest BCUT2D eigenvalue weighted by molar-refractivity contribution is 8.14. The largest absolute Gasteiger partial charge is 0.469 e. The van der Waals surface area contributed by atoms with Gasteiger partial charge in [-0.15, -0.1) is 0 Å². The molecule has 5 nitrogen and oxygen atoms in total. The Labute approximate surface area is 158 Å². The minimum absolute atomic E-state index is 0.0402. The minimum Gasteiger partial charge on any atom is -0.469 e. The Bertz CT molecular complexity index is 1060. The molecule has 0 aliphatic carbocycles. The molecule has 1 aromatic heterocycles. The molecule has 2 aliphatic heterocycles. The number of thiazole rings is 1. The molecule has 1 atom stereocenters. The van der Waals surface area contributed by atoms with Crippen LogP contribution < -0.4 is 9.47 Å². The van der Waals surface area contributed by atoms with Crippen molar-refractivity contribution in [2.45, 2.75) is 23.9 Å². The molecule has 0 amide bonds. The van der Waals surface area contributed by atoms with Crippen molar-refractivity contribution in [3.05, 3.63) is 48.5 Å². The van der Waals surface area contributed by atoms with Gasteiger partial charge in [-0.2, -0.15) is 0 Å². The van der Waals surface area contributed by atoms with E-state index < -0.39 is 0 Å². The molecule has 26 heavy (non-hydrogen) atoms. The lowest BCUT2D eigenvalue weighted by Gasteiger charge is -2.24. The molecule has 0 saturated heterocycles. The highest BCUT2D eigenvalue weighted by Crippen LogP contribution is 2.44. The van der Waals surface area contributed by atoms with Gasteiger partial charge in [0.1, 0.15) is 12.1 Å². The standard InChI is InChI=1S/C19H16N3O2S2/c1-24-17(23)10-12-11-21-13-6-2-4-8-15(13)25-18(21)20-19-22(12)14-7-3-5-9-16(14)26-19/h2-9,12H,10-11H2,1H3/q+1. The van der Waals surface area contributed by atoms with Gasteiger partial charge in [-0.25, -0.2) is 4.57 Å². The number of aromatic nitrogens is 1. The van der Waals surface area contributed by atoms with Crippen LogP contribution in [0.15, 0.2) is 58.4 Å². The number of nitrogens with zero attached hydrogens (tertiary/aromatic N) is 3. The Kier molecular flexibility index (Phi) is 3.72. The SMILES string of the molecule is COC(=O)CC1C[n+]2c(sc3ccccc32)N=C2Sc3ccccc3N21. The number of anilines is 1. The third-order valence-electron chi connectivity index (χ3n) is 4.70. The topological polar surface area (TPSA) is 45.8 Å². The second-order valence-corrected chi connectivity index (χ2v) is 8.25. The zero-order chi connectivity index (χ0) is 17.7. The van der Waals surface area contributed by atoms with E-state index in [4.69, 9.17) is 9.73 Å². The average molecular weight is 382 g/mol. The Balaban J connectivity index is 1.68. The fraction of sp³-hybridized carbons (Fsp3) is 0.211. The van der Waals surface area contributed by atoms with Gasteiger partial charge in [0, 0.05) is 4.90 Å². The number of hydrogen-bond acceptors (Lipinski definition) is 6. The third kappa shape index (κ3) is 2.42. The molecule has 0 spiro atoms. The lowest BCUT2D eigenvalue weighted by molar-refractivity contribution is -0.655. The number of fused-ring (bicyclic) bond motifs is 6. The van der Waals surface area contributed by atoms with Crippen LogP contribution in [0.5, 0.6) is 0 Å². The molecular weight excluding hydrogens is 366 g/mol. The maximum Gasteiger partial charge on any atom is 0.386 e. The van der Waals surface area contributed by atoms with Crippen molar-refractivity contribution in [3.8, 4) is 0 Å². The Morgan fingerprint density at radius 2 is 2.08 bits per heavy atom. The van der Waals surface area contributed by atoms with Crippen LogP contribution in [0.3, 0.4) is 0 Å².